The maximum Gasteiger partial charge on any atom is 0.240 e. The van der Waals surface area contributed by atoms with Gasteiger partial charge in [0.1, 0.15) is 0 Å². The van der Waals surface area contributed by atoms with Gasteiger partial charge in [-0.3, -0.25) is 4.90 Å². The Hall–Kier alpha value is -2.21. The van der Waals surface area contributed by atoms with Crippen molar-refractivity contribution in [1.82, 2.24) is 9.62 Å². The second kappa shape index (κ2) is 8.43. The SMILES string of the molecule is O=S(=O)(NCC1CCN(Cc2ccccc2)CC1)c1ccc2ccccc2c1. The average molecular weight is 395 g/mol. The molecule has 28 heavy (non-hydrogen) atoms. The minimum absolute atomic E-state index is 0.340. The molecular weight excluding hydrogens is 368 g/mol. The molecule has 4 rings (SSSR count). The van der Waals surface area contributed by atoms with Crippen LogP contribution < -0.4 is 4.72 Å². The Kier molecular flexibility index (Phi) is 5.76. The van der Waals surface area contributed by atoms with Gasteiger partial charge in [-0.25, -0.2) is 13.1 Å². The zero-order valence-electron chi connectivity index (χ0n) is 15.9. The highest BCUT2D eigenvalue weighted by Crippen LogP contribution is 2.21. The van der Waals surface area contributed by atoms with Crippen LogP contribution in [0.1, 0.15) is 18.4 Å². The van der Waals surface area contributed by atoms with Crippen molar-refractivity contribution in [3.63, 3.8) is 0 Å². The summed E-state index contributed by atoms with van der Waals surface area (Å²) in [5.41, 5.74) is 1.33. The quantitative estimate of drug-likeness (QED) is 0.687. The van der Waals surface area contributed by atoms with E-state index in [0.29, 0.717) is 17.4 Å². The van der Waals surface area contributed by atoms with Crippen molar-refractivity contribution in [1.29, 1.82) is 0 Å². The van der Waals surface area contributed by atoms with Crippen molar-refractivity contribution in [3.8, 4) is 0 Å². The molecule has 1 N–H and O–H groups in total. The molecule has 0 spiro atoms. The number of sulfonamides is 1. The Morgan fingerprint density at radius 3 is 2.29 bits per heavy atom. The number of hydrogen-bond acceptors (Lipinski definition) is 3. The zero-order valence-corrected chi connectivity index (χ0v) is 16.7. The lowest BCUT2D eigenvalue weighted by atomic mass is 9.97. The van der Waals surface area contributed by atoms with Gasteiger partial charge in [-0.05, 0) is 60.3 Å². The van der Waals surface area contributed by atoms with Crippen molar-refractivity contribution in [2.45, 2.75) is 24.3 Å². The number of benzene rings is 3. The van der Waals surface area contributed by atoms with Gasteiger partial charge in [-0.15, -0.1) is 0 Å². The molecule has 0 saturated carbocycles. The molecule has 5 heteroatoms. The predicted molar refractivity (Wildman–Crippen MR) is 114 cm³/mol. The third kappa shape index (κ3) is 4.61. The van der Waals surface area contributed by atoms with Crippen LogP contribution in [0, 0.1) is 5.92 Å². The van der Waals surface area contributed by atoms with E-state index in [0.717, 1.165) is 43.2 Å². The first-order valence-electron chi connectivity index (χ1n) is 9.85. The molecule has 4 nitrogen and oxygen atoms in total. The van der Waals surface area contributed by atoms with Crippen LogP contribution in [0.3, 0.4) is 0 Å². The van der Waals surface area contributed by atoms with Crippen LogP contribution in [0.4, 0.5) is 0 Å². The monoisotopic (exact) mass is 394 g/mol. The van der Waals surface area contributed by atoms with Crippen LogP contribution >= 0.6 is 0 Å². The molecule has 0 aliphatic carbocycles. The molecule has 1 aliphatic rings. The number of piperidine rings is 1. The first-order valence-corrected chi connectivity index (χ1v) is 11.3. The Morgan fingerprint density at radius 2 is 1.54 bits per heavy atom. The average Bonchev–Trinajstić information content (AvgIpc) is 2.74. The fourth-order valence-electron chi connectivity index (χ4n) is 3.84. The summed E-state index contributed by atoms with van der Waals surface area (Å²) in [6, 6.07) is 23.6. The van der Waals surface area contributed by atoms with Gasteiger partial charge in [0.05, 0.1) is 4.90 Å². The number of nitrogens with zero attached hydrogens (tertiary/aromatic N) is 1. The smallest absolute Gasteiger partial charge is 0.240 e. The molecule has 3 aromatic rings. The summed E-state index contributed by atoms with van der Waals surface area (Å²) in [5.74, 6) is 0.391. The zero-order chi connectivity index (χ0) is 19.4. The van der Waals surface area contributed by atoms with E-state index in [2.05, 4.69) is 33.9 Å². The molecule has 1 saturated heterocycles. The van der Waals surface area contributed by atoms with Crippen LogP contribution in [0.15, 0.2) is 77.7 Å². The van der Waals surface area contributed by atoms with Crippen molar-refractivity contribution < 1.29 is 8.42 Å². The topological polar surface area (TPSA) is 49.4 Å². The maximum atomic E-state index is 12.7. The highest BCUT2D eigenvalue weighted by Gasteiger charge is 2.22. The highest BCUT2D eigenvalue weighted by molar-refractivity contribution is 7.89. The van der Waals surface area contributed by atoms with Crippen LogP contribution in [-0.2, 0) is 16.6 Å². The van der Waals surface area contributed by atoms with E-state index in [-0.39, 0.29) is 0 Å². The van der Waals surface area contributed by atoms with E-state index in [9.17, 15) is 8.42 Å². The molecule has 1 aliphatic heterocycles. The second-order valence-electron chi connectivity index (χ2n) is 7.57. The van der Waals surface area contributed by atoms with E-state index in [1.54, 1.807) is 12.1 Å². The standard InChI is InChI=1S/C23H26N2O2S/c26-28(27,23-11-10-21-8-4-5-9-22(21)16-23)24-17-19-12-14-25(15-13-19)18-20-6-2-1-3-7-20/h1-11,16,19,24H,12-15,17-18H2. The molecule has 0 aromatic heterocycles. The van der Waals surface area contributed by atoms with E-state index in [1.807, 2.05) is 36.4 Å². The molecule has 0 radical (unpaired) electrons. The highest BCUT2D eigenvalue weighted by atomic mass is 32.2. The van der Waals surface area contributed by atoms with Gasteiger partial charge in [-0.1, -0.05) is 60.7 Å². The van der Waals surface area contributed by atoms with E-state index >= 15 is 0 Å². The third-order valence-corrected chi connectivity index (χ3v) is 6.97. The van der Waals surface area contributed by atoms with Gasteiger partial charge in [0.25, 0.3) is 0 Å². The molecule has 1 heterocycles. The Balaban J connectivity index is 1.31. The predicted octanol–water partition coefficient (Wildman–Crippen LogP) is 4.03. The Bertz CT molecular complexity index is 1030. The number of likely N-dealkylation sites (tertiary alicyclic amines) is 1. The summed E-state index contributed by atoms with van der Waals surface area (Å²) in [6.45, 7) is 3.50. The van der Waals surface area contributed by atoms with Gasteiger partial charge in [0, 0.05) is 13.1 Å². The summed E-state index contributed by atoms with van der Waals surface area (Å²) in [4.78, 5) is 2.79. The largest absolute Gasteiger partial charge is 0.299 e. The summed E-state index contributed by atoms with van der Waals surface area (Å²) in [7, 11) is -3.48. The molecule has 0 atom stereocenters. The van der Waals surface area contributed by atoms with Crippen LogP contribution in [0.2, 0.25) is 0 Å². The van der Waals surface area contributed by atoms with E-state index in [1.165, 1.54) is 5.56 Å². The molecular formula is C23H26N2O2S. The van der Waals surface area contributed by atoms with E-state index in [4.69, 9.17) is 0 Å². The summed E-state index contributed by atoms with van der Waals surface area (Å²) in [6.07, 6.45) is 2.04. The van der Waals surface area contributed by atoms with Crippen LogP contribution in [0.25, 0.3) is 10.8 Å². The molecule has 0 bridgehead atoms. The van der Waals surface area contributed by atoms with Gasteiger partial charge in [0.15, 0.2) is 0 Å². The number of hydrogen-bond donors (Lipinski definition) is 1. The lowest BCUT2D eigenvalue weighted by Crippen LogP contribution is -2.38. The number of nitrogens with one attached hydrogen (secondary N) is 1. The van der Waals surface area contributed by atoms with Crippen molar-refractivity contribution in [2.24, 2.45) is 5.92 Å². The van der Waals surface area contributed by atoms with Gasteiger partial charge in [-0.2, -0.15) is 0 Å². The van der Waals surface area contributed by atoms with Crippen molar-refractivity contribution in [2.75, 3.05) is 19.6 Å². The minimum Gasteiger partial charge on any atom is -0.299 e. The first kappa shape index (κ1) is 19.1. The molecule has 3 aromatic carbocycles. The number of rotatable bonds is 6. The second-order valence-corrected chi connectivity index (χ2v) is 9.33. The fourth-order valence-corrected chi connectivity index (χ4v) is 4.99. The lowest BCUT2D eigenvalue weighted by molar-refractivity contribution is 0.178. The normalized spacial score (nSPS) is 16.4. The summed E-state index contributed by atoms with van der Waals surface area (Å²) in [5, 5.41) is 1.99. The first-order chi connectivity index (χ1) is 13.6. The fraction of sp³-hybridized carbons (Fsp3) is 0.304. The van der Waals surface area contributed by atoms with Crippen LogP contribution in [-0.4, -0.2) is 33.0 Å². The van der Waals surface area contributed by atoms with Gasteiger partial charge in [0.2, 0.25) is 10.0 Å². The molecule has 0 amide bonds. The molecule has 1 fully saturated rings. The summed E-state index contributed by atoms with van der Waals surface area (Å²) >= 11 is 0. The summed E-state index contributed by atoms with van der Waals surface area (Å²) < 4.78 is 28.2. The third-order valence-electron chi connectivity index (χ3n) is 5.55. The van der Waals surface area contributed by atoms with Crippen molar-refractivity contribution >= 4 is 20.8 Å². The van der Waals surface area contributed by atoms with Gasteiger partial charge >= 0.3 is 0 Å². The Morgan fingerprint density at radius 1 is 0.857 bits per heavy atom. The molecule has 0 unspecified atom stereocenters. The lowest BCUT2D eigenvalue weighted by Gasteiger charge is -2.32. The van der Waals surface area contributed by atoms with E-state index < -0.39 is 10.0 Å². The van der Waals surface area contributed by atoms with Gasteiger partial charge < -0.3 is 0 Å². The maximum absolute atomic E-state index is 12.7. The van der Waals surface area contributed by atoms with Crippen molar-refractivity contribution in [3.05, 3.63) is 78.4 Å². The minimum atomic E-state index is -3.48. The number of fused-ring (bicyclic) bond motifs is 1. The van der Waals surface area contributed by atoms with Crippen LogP contribution in [0.5, 0.6) is 0 Å². The molecule has 146 valence electrons. The Labute approximate surface area is 167 Å².